The third-order valence-corrected chi connectivity index (χ3v) is 2.61. The van der Waals surface area contributed by atoms with Crippen LogP contribution in [0.25, 0.3) is 11.4 Å². The second kappa shape index (κ2) is 5.44. The normalized spacial score (nSPS) is 12.9. The van der Waals surface area contributed by atoms with Gasteiger partial charge in [-0.05, 0) is 24.5 Å². The molecule has 0 radical (unpaired) electrons. The highest BCUT2D eigenvalue weighted by Gasteiger charge is 2.17. The van der Waals surface area contributed by atoms with Gasteiger partial charge in [-0.2, -0.15) is 4.98 Å². The van der Waals surface area contributed by atoms with E-state index in [0.29, 0.717) is 12.3 Å². The second-order valence-electron chi connectivity index (χ2n) is 4.85. The number of benzene rings is 1. The molecular formula is C13H15F2N3O. The van der Waals surface area contributed by atoms with Gasteiger partial charge in [0.1, 0.15) is 11.6 Å². The number of rotatable bonds is 4. The van der Waals surface area contributed by atoms with Crippen molar-refractivity contribution in [1.82, 2.24) is 10.1 Å². The van der Waals surface area contributed by atoms with Crippen LogP contribution in [0.4, 0.5) is 8.78 Å². The van der Waals surface area contributed by atoms with E-state index in [1.807, 2.05) is 13.8 Å². The number of hydrogen-bond donors (Lipinski definition) is 1. The highest BCUT2D eigenvalue weighted by Crippen LogP contribution is 2.22. The fourth-order valence-corrected chi connectivity index (χ4v) is 1.79. The van der Waals surface area contributed by atoms with Crippen LogP contribution in [-0.4, -0.2) is 10.1 Å². The van der Waals surface area contributed by atoms with Crippen LogP contribution in [0.2, 0.25) is 0 Å². The lowest BCUT2D eigenvalue weighted by atomic mass is 10.0. The predicted molar refractivity (Wildman–Crippen MR) is 66.0 cm³/mol. The van der Waals surface area contributed by atoms with Gasteiger partial charge < -0.3 is 10.3 Å². The molecule has 0 aliphatic heterocycles. The van der Waals surface area contributed by atoms with Gasteiger partial charge in [-0.25, -0.2) is 8.78 Å². The summed E-state index contributed by atoms with van der Waals surface area (Å²) in [5.41, 5.74) is 6.13. The molecule has 0 amide bonds. The zero-order valence-corrected chi connectivity index (χ0v) is 10.7. The molecule has 0 aliphatic carbocycles. The van der Waals surface area contributed by atoms with Crippen molar-refractivity contribution in [3.63, 3.8) is 0 Å². The SMILES string of the molecule is CC(C)CC(N)c1nc(-c2cc(F)cc(F)c2)no1. The minimum Gasteiger partial charge on any atom is -0.337 e. The van der Waals surface area contributed by atoms with Crippen LogP contribution in [0.15, 0.2) is 22.7 Å². The molecule has 6 heteroatoms. The largest absolute Gasteiger partial charge is 0.337 e. The molecule has 0 saturated carbocycles. The maximum atomic E-state index is 13.1. The number of aromatic nitrogens is 2. The minimum absolute atomic E-state index is 0.132. The van der Waals surface area contributed by atoms with Gasteiger partial charge in [0, 0.05) is 11.6 Å². The number of halogens is 2. The van der Waals surface area contributed by atoms with Gasteiger partial charge in [0.05, 0.1) is 6.04 Å². The van der Waals surface area contributed by atoms with Gasteiger partial charge >= 0.3 is 0 Å². The number of nitrogens with zero attached hydrogens (tertiary/aromatic N) is 2. The Labute approximate surface area is 109 Å². The van der Waals surface area contributed by atoms with Crippen LogP contribution in [0, 0.1) is 17.6 Å². The molecule has 4 nitrogen and oxygen atoms in total. The van der Waals surface area contributed by atoms with Crippen molar-refractivity contribution >= 4 is 0 Å². The van der Waals surface area contributed by atoms with E-state index in [0.717, 1.165) is 18.2 Å². The first kappa shape index (κ1) is 13.6. The quantitative estimate of drug-likeness (QED) is 0.924. The molecule has 1 aromatic carbocycles. The molecule has 2 N–H and O–H groups in total. The van der Waals surface area contributed by atoms with Crippen LogP contribution >= 0.6 is 0 Å². The van der Waals surface area contributed by atoms with Gasteiger partial charge in [0.2, 0.25) is 11.7 Å². The second-order valence-corrected chi connectivity index (χ2v) is 4.85. The zero-order chi connectivity index (χ0) is 14.0. The summed E-state index contributed by atoms with van der Waals surface area (Å²) >= 11 is 0. The van der Waals surface area contributed by atoms with Gasteiger partial charge in [0.15, 0.2) is 0 Å². The van der Waals surface area contributed by atoms with Crippen molar-refractivity contribution in [2.45, 2.75) is 26.3 Å². The van der Waals surface area contributed by atoms with E-state index in [1.54, 1.807) is 0 Å². The summed E-state index contributed by atoms with van der Waals surface area (Å²) in [5, 5.41) is 3.70. The Morgan fingerprint density at radius 3 is 2.42 bits per heavy atom. The van der Waals surface area contributed by atoms with Crippen molar-refractivity contribution in [2.75, 3.05) is 0 Å². The van der Waals surface area contributed by atoms with E-state index in [4.69, 9.17) is 10.3 Å². The average Bonchev–Trinajstić information content (AvgIpc) is 2.75. The van der Waals surface area contributed by atoms with Crippen LogP contribution in [0.3, 0.4) is 0 Å². The van der Waals surface area contributed by atoms with Crippen LogP contribution in [-0.2, 0) is 0 Å². The van der Waals surface area contributed by atoms with E-state index in [1.165, 1.54) is 0 Å². The standard InChI is InChI=1S/C13H15F2N3O/c1-7(2)3-11(16)13-17-12(18-19-13)8-4-9(14)6-10(15)5-8/h4-7,11H,3,16H2,1-2H3. The van der Waals surface area contributed by atoms with E-state index in [2.05, 4.69) is 10.1 Å². The highest BCUT2D eigenvalue weighted by atomic mass is 19.1. The fraction of sp³-hybridized carbons (Fsp3) is 0.385. The molecule has 19 heavy (non-hydrogen) atoms. The Balaban J connectivity index is 2.25. The first-order chi connectivity index (χ1) is 8.95. The summed E-state index contributed by atoms with van der Waals surface area (Å²) in [6, 6.07) is 2.70. The molecule has 2 rings (SSSR count). The fourth-order valence-electron chi connectivity index (χ4n) is 1.79. The lowest BCUT2D eigenvalue weighted by Gasteiger charge is -2.08. The van der Waals surface area contributed by atoms with Crippen molar-refractivity contribution in [3.05, 3.63) is 35.7 Å². The Kier molecular flexibility index (Phi) is 3.90. The molecule has 0 bridgehead atoms. The Bertz CT molecular complexity index is 549. The number of hydrogen-bond acceptors (Lipinski definition) is 4. The lowest BCUT2D eigenvalue weighted by molar-refractivity contribution is 0.335. The zero-order valence-electron chi connectivity index (χ0n) is 10.7. The van der Waals surface area contributed by atoms with E-state index >= 15 is 0 Å². The van der Waals surface area contributed by atoms with Gasteiger partial charge in [0.25, 0.3) is 0 Å². The Morgan fingerprint density at radius 2 is 1.84 bits per heavy atom. The molecule has 1 heterocycles. The van der Waals surface area contributed by atoms with Crippen molar-refractivity contribution < 1.29 is 13.3 Å². The highest BCUT2D eigenvalue weighted by molar-refractivity contribution is 5.54. The minimum atomic E-state index is -0.687. The molecule has 0 spiro atoms. The molecule has 102 valence electrons. The maximum Gasteiger partial charge on any atom is 0.243 e. The lowest BCUT2D eigenvalue weighted by Crippen LogP contribution is -2.13. The van der Waals surface area contributed by atoms with Crippen LogP contribution in [0.5, 0.6) is 0 Å². The number of nitrogens with two attached hydrogens (primary N) is 1. The van der Waals surface area contributed by atoms with E-state index < -0.39 is 11.6 Å². The third kappa shape index (κ3) is 3.35. The first-order valence-electron chi connectivity index (χ1n) is 6.01. The smallest absolute Gasteiger partial charge is 0.243 e. The topological polar surface area (TPSA) is 64.9 Å². The molecule has 0 fully saturated rings. The van der Waals surface area contributed by atoms with Crippen molar-refractivity contribution in [2.24, 2.45) is 11.7 Å². The molecule has 0 saturated heterocycles. The van der Waals surface area contributed by atoms with Gasteiger partial charge in [-0.1, -0.05) is 19.0 Å². The molecule has 2 aromatic rings. The third-order valence-electron chi connectivity index (χ3n) is 2.61. The summed E-state index contributed by atoms with van der Waals surface area (Å²) in [6.07, 6.45) is 0.694. The summed E-state index contributed by atoms with van der Waals surface area (Å²) in [7, 11) is 0. The monoisotopic (exact) mass is 267 g/mol. The van der Waals surface area contributed by atoms with Gasteiger partial charge in [-0.3, -0.25) is 0 Å². The molecule has 1 atom stereocenters. The van der Waals surface area contributed by atoms with Crippen LogP contribution < -0.4 is 5.73 Å². The molecule has 1 aromatic heterocycles. The maximum absolute atomic E-state index is 13.1. The molecule has 0 aliphatic rings. The summed E-state index contributed by atoms with van der Waals surface area (Å²) in [6.45, 7) is 4.05. The molecular weight excluding hydrogens is 252 g/mol. The summed E-state index contributed by atoms with van der Waals surface area (Å²) < 4.78 is 31.2. The molecule has 1 unspecified atom stereocenters. The summed E-state index contributed by atoms with van der Waals surface area (Å²) in [5.74, 6) is -0.585. The summed E-state index contributed by atoms with van der Waals surface area (Å²) in [4.78, 5) is 4.08. The van der Waals surface area contributed by atoms with E-state index in [9.17, 15) is 8.78 Å². The van der Waals surface area contributed by atoms with Crippen molar-refractivity contribution in [1.29, 1.82) is 0 Å². The average molecular weight is 267 g/mol. The van der Waals surface area contributed by atoms with Gasteiger partial charge in [-0.15, -0.1) is 0 Å². The van der Waals surface area contributed by atoms with E-state index in [-0.39, 0.29) is 23.3 Å². The first-order valence-corrected chi connectivity index (χ1v) is 6.01. The van der Waals surface area contributed by atoms with Crippen molar-refractivity contribution in [3.8, 4) is 11.4 Å². The Hall–Kier alpha value is -1.82. The Morgan fingerprint density at radius 1 is 1.21 bits per heavy atom. The van der Waals surface area contributed by atoms with Crippen LogP contribution in [0.1, 0.15) is 32.2 Å². The predicted octanol–water partition coefficient (Wildman–Crippen LogP) is 3.06.